The molecule has 0 aromatic carbocycles. The van der Waals surface area contributed by atoms with Crippen LogP contribution in [0.3, 0.4) is 0 Å². The van der Waals surface area contributed by atoms with E-state index in [1.54, 1.807) is 0 Å². The smallest absolute Gasteiger partial charge is 0.194 e. The molecule has 0 unspecified atom stereocenters. The SMILES string of the molecule is C=CCCCN(C)C(=NCc1ncccc1C)NCC.I. The number of nitrogens with one attached hydrogen (secondary N) is 1. The zero-order valence-corrected chi connectivity index (χ0v) is 15.6. The molecule has 21 heavy (non-hydrogen) atoms. The van der Waals surface area contributed by atoms with Crippen LogP contribution in [0.1, 0.15) is 31.0 Å². The fourth-order valence-corrected chi connectivity index (χ4v) is 1.88. The molecule has 1 heterocycles. The zero-order chi connectivity index (χ0) is 14.8. The summed E-state index contributed by atoms with van der Waals surface area (Å²) in [5.41, 5.74) is 2.21. The number of aryl methyl sites for hydroxylation is 1. The predicted molar refractivity (Wildman–Crippen MR) is 101 cm³/mol. The van der Waals surface area contributed by atoms with Gasteiger partial charge in [0.05, 0.1) is 12.2 Å². The molecule has 0 aliphatic rings. The second-order valence-electron chi connectivity index (χ2n) is 4.79. The normalized spacial score (nSPS) is 10.7. The molecule has 1 aromatic heterocycles. The molecule has 1 N–H and O–H groups in total. The third kappa shape index (κ3) is 7.45. The molecule has 0 atom stereocenters. The minimum Gasteiger partial charge on any atom is -0.357 e. The van der Waals surface area contributed by atoms with Gasteiger partial charge in [0.25, 0.3) is 0 Å². The lowest BCUT2D eigenvalue weighted by Gasteiger charge is -2.21. The summed E-state index contributed by atoms with van der Waals surface area (Å²) >= 11 is 0. The molecule has 1 rings (SSSR count). The maximum atomic E-state index is 4.67. The van der Waals surface area contributed by atoms with Crippen molar-refractivity contribution >= 4 is 29.9 Å². The summed E-state index contributed by atoms with van der Waals surface area (Å²) in [6.07, 6.45) is 5.89. The van der Waals surface area contributed by atoms with Crippen molar-refractivity contribution in [3.8, 4) is 0 Å². The van der Waals surface area contributed by atoms with Gasteiger partial charge in [0, 0.05) is 26.3 Å². The molecule has 0 spiro atoms. The molecule has 0 fully saturated rings. The van der Waals surface area contributed by atoms with E-state index in [0.29, 0.717) is 6.54 Å². The molecule has 0 aliphatic heterocycles. The number of pyridine rings is 1. The average Bonchev–Trinajstić information content (AvgIpc) is 2.45. The lowest BCUT2D eigenvalue weighted by atomic mass is 10.2. The van der Waals surface area contributed by atoms with Crippen molar-refractivity contribution in [3.05, 3.63) is 42.2 Å². The molecule has 0 radical (unpaired) electrons. The number of guanidine groups is 1. The van der Waals surface area contributed by atoms with Crippen molar-refractivity contribution in [2.24, 2.45) is 4.99 Å². The summed E-state index contributed by atoms with van der Waals surface area (Å²) in [4.78, 5) is 11.2. The molecule has 0 bridgehead atoms. The van der Waals surface area contributed by atoms with Crippen LogP contribution >= 0.6 is 24.0 Å². The number of aromatic nitrogens is 1. The van der Waals surface area contributed by atoms with E-state index in [0.717, 1.165) is 37.6 Å². The lowest BCUT2D eigenvalue weighted by molar-refractivity contribution is 0.470. The highest BCUT2D eigenvalue weighted by Crippen LogP contribution is 2.05. The molecule has 1 aromatic rings. The van der Waals surface area contributed by atoms with Crippen LogP contribution in [0, 0.1) is 6.92 Å². The van der Waals surface area contributed by atoms with Gasteiger partial charge >= 0.3 is 0 Å². The van der Waals surface area contributed by atoms with Crippen LogP contribution in [-0.4, -0.2) is 36.0 Å². The molecule has 0 saturated carbocycles. The monoisotopic (exact) mass is 402 g/mol. The molecular formula is C16H27IN4. The fraction of sp³-hybridized carbons (Fsp3) is 0.500. The molecular weight excluding hydrogens is 375 g/mol. The van der Waals surface area contributed by atoms with Crippen LogP contribution in [0.2, 0.25) is 0 Å². The first-order valence-electron chi connectivity index (χ1n) is 7.19. The fourth-order valence-electron chi connectivity index (χ4n) is 1.88. The topological polar surface area (TPSA) is 40.5 Å². The van der Waals surface area contributed by atoms with Gasteiger partial charge in [-0.15, -0.1) is 30.6 Å². The number of halogens is 1. The van der Waals surface area contributed by atoms with E-state index in [2.05, 4.69) is 53.7 Å². The summed E-state index contributed by atoms with van der Waals surface area (Å²) in [7, 11) is 2.07. The number of aliphatic imine (C=N–C) groups is 1. The Hall–Kier alpha value is -1.11. The first kappa shape index (κ1) is 19.9. The maximum absolute atomic E-state index is 4.67. The summed E-state index contributed by atoms with van der Waals surface area (Å²) in [5, 5.41) is 3.32. The Bertz CT molecular complexity index is 446. The van der Waals surface area contributed by atoms with Gasteiger partial charge in [-0.05, 0) is 38.3 Å². The standard InChI is InChI=1S/C16H26N4.HI/c1-5-7-8-12-20(4)16(17-6-2)19-13-15-14(3)10-9-11-18-15;/h5,9-11H,1,6-8,12-13H2,2-4H3,(H,17,19);1H. The van der Waals surface area contributed by atoms with Crippen molar-refractivity contribution in [1.82, 2.24) is 15.2 Å². The van der Waals surface area contributed by atoms with Crippen molar-refractivity contribution in [3.63, 3.8) is 0 Å². The highest BCUT2D eigenvalue weighted by atomic mass is 127. The van der Waals surface area contributed by atoms with Gasteiger partial charge in [-0.3, -0.25) is 4.98 Å². The Labute approximate surface area is 145 Å². The van der Waals surface area contributed by atoms with Gasteiger partial charge in [0.15, 0.2) is 5.96 Å². The van der Waals surface area contributed by atoms with Crippen LogP contribution in [0.4, 0.5) is 0 Å². The number of nitrogens with zero attached hydrogens (tertiary/aromatic N) is 3. The summed E-state index contributed by atoms with van der Waals surface area (Å²) in [5.74, 6) is 0.932. The van der Waals surface area contributed by atoms with Crippen molar-refractivity contribution in [2.45, 2.75) is 33.2 Å². The van der Waals surface area contributed by atoms with Crippen LogP contribution in [0.5, 0.6) is 0 Å². The van der Waals surface area contributed by atoms with Crippen LogP contribution < -0.4 is 5.32 Å². The van der Waals surface area contributed by atoms with E-state index in [1.165, 1.54) is 5.56 Å². The maximum Gasteiger partial charge on any atom is 0.194 e. The number of hydrogen-bond donors (Lipinski definition) is 1. The van der Waals surface area contributed by atoms with Gasteiger partial charge < -0.3 is 10.2 Å². The number of hydrogen-bond acceptors (Lipinski definition) is 2. The Morgan fingerprint density at radius 1 is 1.52 bits per heavy atom. The van der Waals surface area contributed by atoms with Crippen LogP contribution in [0.25, 0.3) is 0 Å². The van der Waals surface area contributed by atoms with E-state index in [4.69, 9.17) is 0 Å². The van der Waals surface area contributed by atoms with Gasteiger partial charge in [0.2, 0.25) is 0 Å². The molecule has 118 valence electrons. The highest BCUT2D eigenvalue weighted by Gasteiger charge is 2.05. The first-order chi connectivity index (χ1) is 9.69. The third-order valence-electron chi connectivity index (χ3n) is 3.09. The van der Waals surface area contributed by atoms with Crippen molar-refractivity contribution in [2.75, 3.05) is 20.1 Å². The Morgan fingerprint density at radius 3 is 2.90 bits per heavy atom. The highest BCUT2D eigenvalue weighted by molar-refractivity contribution is 14.0. The average molecular weight is 402 g/mol. The minimum atomic E-state index is 0. The third-order valence-corrected chi connectivity index (χ3v) is 3.09. The second kappa shape index (κ2) is 11.5. The zero-order valence-electron chi connectivity index (χ0n) is 13.3. The summed E-state index contributed by atoms with van der Waals surface area (Å²) in [6.45, 7) is 10.4. The molecule has 5 heteroatoms. The Morgan fingerprint density at radius 2 is 2.29 bits per heavy atom. The number of allylic oxidation sites excluding steroid dienone is 1. The molecule has 4 nitrogen and oxygen atoms in total. The molecule has 0 amide bonds. The van der Waals surface area contributed by atoms with E-state index in [1.807, 2.05) is 18.3 Å². The molecule has 0 aliphatic carbocycles. The summed E-state index contributed by atoms with van der Waals surface area (Å²) < 4.78 is 0. The van der Waals surface area contributed by atoms with Gasteiger partial charge in [-0.2, -0.15) is 0 Å². The van der Waals surface area contributed by atoms with Crippen molar-refractivity contribution < 1.29 is 0 Å². The Balaban J connectivity index is 0.00000400. The van der Waals surface area contributed by atoms with Gasteiger partial charge in [-0.1, -0.05) is 12.1 Å². The van der Waals surface area contributed by atoms with E-state index in [-0.39, 0.29) is 24.0 Å². The van der Waals surface area contributed by atoms with Gasteiger partial charge in [-0.25, -0.2) is 4.99 Å². The van der Waals surface area contributed by atoms with Crippen LogP contribution in [0.15, 0.2) is 36.0 Å². The molecule has 0 saturated heterocycles. The second-order valence-corrected chi connectivity index (χ2v) is 4.79. The largest absolute Gasteiger partial charge is 0.357 e. The number of unbranched alkanes of at least 4 members (excludes halogenated alkanes) is 1. The first-order valence-corrected chi connectivity index (χ1v) is 7.19. The minimum absolute atomic E-state index is 0. The van der Waals surface area contributed by atoms with Gasteiger partial charge in [0.1, 0.15) is 0 Å². The Kier molecular flexibility index (Phi) is 10.9. The number of rotatable bonds is 7. The predicted octanol–water partition coefficient (Wildman–Crippen LogP) is 3.37. The van der Waals surface area contributed by atoms with E-state index in [9.17, 15) is 0 Å². The van der Waals surface area contributed by atoms with Crippen molar-refractivity contribution in [1.29, 1.82) is 0 Å². The van der Waals surface area contributed by atoms with E-state index >= 15 is 0 Å². The quantitative estimate of drug-likeness (QED) is 0.250. The van der Waals surface area contributed by atoms with Crippen LogP contribution in [-0.2, 0) is 6.54 Å². The van der Waals surface area contributed by atoms with E-state index < -0.39 is 0 Å². The lowest BCUT2D eigenvalue weighted by Crippen LogP contribution is -2.39. The summed E-state index contributed by atoms with van der Waals surface area (Å²) in [6, 6.07) is 4.02.